The van der Waals surface area contributed by atoms with E-state index in [-0.39, 0.29) is 11.8 Å². The molecule has 15 heavy (non-hydrogen) atoms. The van der Waals surface area contributed by atoms with Crippen LogP contribution in [0, 0.1) is 5.92 Å². The molecule has 0 saturated carbocycles. The molecule has 1 aliphatic heterocycles. The van der Waals surface area contributed by atoms with Gasteiger partial charge in [-0.1, -0.05) is 0 Å². The Bertz CT molecular complexity index is 250. The highest BCUT2D eigenvalue weighted by atomic mass is 32.2. The quantitative estimate of drug-likeness (QED) is 0.620. The zero-order chi connectivity index (χ0) is 11.4. The van der Waals surface area contributed by atoms with E-state index < -0.39 is 18.1 Å². The number of carbonyl (C=O) groups is 2. The van der Waals surface area contributed by atoms with Gasteiger partial charge < -0.3 is 15.5 Å². The summed E-state index contributed by atoms with van der Waals surface area (Å²) in [6, 6.07) is -1.21. The molecular weight excluding hydrogens is 218 g/mol. The summed E-state index contributed by atoms with van der Waals surface area (Å²) in [6.07, 6.45) is -0.302. The minimum atomic E-state index is -1.21. The fourth-order valence-electron chi connectivity index (χ4n) is 1.40. The molecule has 5 nitrogen and oxygen atoms in total. The van der Waals surface area contributed by atoms with Gasteiger partial charge >= 0.3 is 5.97 Å². The molecule has 6 heteroatoms. The van der Waals surface area contributed by atoms with Crippen molar-refractivity contribution in [3.63, 3.8) is 0 Å². The fraction of sp³-hybridized carbons (Fsp3) is 0.778. The molecule has 86 valence electrons. The van der Waals surface area contributed by atoms with Gasteiger partial charge in [0.2, 0.25) is 5.91 Å². The van der Waals surface area contributed by atoms with Crippen molar-refractivity contribution in [2.75, 3.05) is 11.5 Å². The number of aliphatic hydroxyl groups excluding tert-OH is 1. The lowest BCUT2D eigenvalue weighted by molar-refractivity contribution is -0.145. The van der Waals surface area contributed by atoms with E-state index in [1.165, 1.54) is 6.92 Å². The Morgan fingerprint density at radius 1 is 1.53 bits per heavy atom. The molecular formula is C9H15NO4S. The van der Waals surface area contributed by atoms with Crippen LogP contribution in [0.1, 0.15) is 13.3 Å². The number of thioether (sulfide) groups is 1. The summed E-state index contributed by atoms with van der Waals surface area (Å²) < 4.78 is 0. The van der Waals surface area contributed by atoms with E-state index in [0.29, 0.717) is 0 Å². The van der Waals surface area contributed by atoms with Crippen LogP contribution in [0.3, 0.4) is 0 Å². The third-order valence-electron chi connectivity index (χ3n) is 2.35. The molecule has 1 heterocycles. The molecule has 1 aliphatic rings. The molecule has 0 radical (unpaired) electrons. The summed E-state index contributed by atoms with van der Waals surface area (Å²) in [4.78, 5) is 22.3. The lowest BCUT2D eigenvalue weighted by Gasteiger charge is -2.19. The maximum atomic E-state index is 11.6. The molecule has 1 rings (SSSR count). The monoisotopic (exact) mass is 233 g/mol. The number of hydrogen-bond donors (Lipinski definition) is 3. The predicted octanol–water partition coefficient (Wildman–Crippen LogP) is -0.310. The molecule has 0 aromatic rings. The minimum absolute atomic E-state index is 0.115. The molecule has 3 atom stereocenters. The first-order valence-corrected chi connectivity index (χ1v) is 5.97. The van der Waals surface area contributed by atoms with Crippen molar-refractivity contribution in [3.8, 4) is 0 Å². The molecule has 0 spiro atoms. The molecule has 3 unspecified atom stereocenters. The van der Waals surface area contributed by atoms with Crippen LogP contribution in [0.25, 0.3) is 0 Å². The van der Waals surface area contributed by atoms with E-state index in [4.69, 9.17) is 5.11 Å². The summed E-state index contributed by atoms with van der Waals surface area (Å²) in [5, 5.41) is 20.3. The molecule has 1 amide bonds. The van der Waals surface area contributed by atoms with Crippen LogP contribution in [-0.2, 0) is 9.59 Å². The summed E-state index contributed by atoms with van der Waals surface area (Å²) >= 11 is 1.68. The first-order valence-electron chi connectivity index (χ1n) is 4.81. The number of rotatable bonds is 4. The maximum absolute atomic E-state index is 11.6. The van der Waals surface area contributed by atoms with Crippen molar-refractivity contribution in [2.24, 2.45) is 5.92 Å². The molecule has 1 fully saturated rings. The van der Waals surface area contributed by atoms with Crippen LogP contribution in [-0.4, -0.2) is 45.7 Å². The van der Waals surface area contributed by atoms with Crippen molar-refractivity contribution in [3.05, 3.63) is 0 Å². The smallest absolute Gasteiger partial charge is 0.328 e. The number of carbonyl (C=O) groups excluding carboxylic acids is 1. The van der Waals surface area contributed by atoms with Crippen molar-refractivity contribution in [1.29, 1.82) is 0 Å². The molecule has 3 N–H and O–H groups in total. The third kappa shape index (κ3) is 3.39. The zero-order valence-corrected chi connectivity index (χ0v) is 9.29. The van der Waals surface area contributed by atoms with E-state index in [0.717, 1.165) is 17.9 Å². The summed E-state index contributed by atoms with van der Waals surface area (Å²) in [5.41, 5.74) is 0. The lowest BCUT2D eigenvalue weighted by Crippen LogP contribution is -2.49. The van der Waals surface area contributed by atoms with Crippen LogP contribution in [0.5, 0.6) is 0 Å². The molecule has 0 aliphatic carbocycles. The second-order valence-corrected chi connectivity index (χ2v) is 4.78. The van der Waals surface area contributed by atoms with Gasteiger partial charge in [-0.05, 0) is 19.1 Å². The average molecular weight is 233 g/mol. The molecule has 0 aromatic heterocycles. The van der Waals surface area contributed by atoms with Gasteiger partial charge in [0.05, 0.1) is 6.10 Å². The first kappa shape index (κ1) is 12.3. The van der Waals surface area contributed by atoms with E-state index in [2.05, 4.69) is 5.32 Å². The number of aliphatic hydroxyl groups is 1. The van der Waals surface area contributed by atoms with Crippen LogP contribution in [0.15, 0.2) is 0 Å². The Morgan fingerprint density at radius 2 is 2.20 bits per heavy atom. The van der Waals surface area contributed by atoms with Crippen LogP contribution in [0.4, 0.5) is 0 Å². The van der Waals surface area contributed by atoms with Crippen molar-refractivity contribution >= 4 is 23.6 Å². The molecule has 1 saturated heterocycles. The first-order chi connectivity index (χ1) is 7.02. The zero-order valence-electron chi connectivity index (χ0n) is 8.47. The van der Waals surface area contributed by atoms with Gasteiger partial charge in [0.1, 0.15) is 0 Å². The largest absolute Gasteiger partial charge is 0.480 e. The Kier molecular flexibility index (Phi) is 4.41. The number of carboxylic acid groups (broad SMARTS) is 1. The minimum Gasteiger partial charge on any atom is -0.480 e. The highest BCUT2D eigenvalue weighted by Crippen LogP contribution is 2.23. The number of nitrogens with one attached hydrogen (secondary N) is 1. The SMILES string of the molecule is CC(O)C(NC(=O)C1CCSC1)C(=O)O. The second-order valence-electron chi connectivity index (χ2n) is 3.63. The van der Waals surface area contributed by atoms with E-state index in [1.807, 2.05) is 0 Å². The van der Waals surface area contributed by atoms with Gasteiger partial charge in [0, 0.05) is 11.7 Å². The van der Waals surface area contributed by atoms with Gasteiger partial charge in [-0.25, -0.2) is 4.79 Å². The summed E-state index contributed by atoms with van der Waals surface area (Å²) in [5.74, 6) is 0.0792. The molecule has 0 bridgehead atoms. The van der Waals surface area contributed by atoms with Crippen molar-refractivity contribution in [2.45, 2.75) is 25.5 Å². The predicted molar refractivity (Wildman–Crippen MR) is 56.7 cm³/mol. The third-order valence-corrected chi connectivity index (χ3v) is 3.51. The number of aliphatic carboxylic acids is 1. The van der Waals surface area contributed by atoms with E-state index in [9.17, 15) is 14.7 Å². The topological polar surface area (TPSA) is 86.6 Å². The number of hydrogen-bond acceptors (Lipinski definition) is 4. The summed E-state index contributed by atoms with van der Waals surface area (Å²) in [6.45, 7) is 1.35. The lowest BCUT2D eigenvalue weighted by atomic mass is 10.1. The highest BCUT2D eigenvalue weighted by molar-refractivity contribution is 7.99. The average Bonchev–Trinajstić information content (AvgIpc) is 2.65. The summed E-state index contributed by atoms with van der Waals surface area (Å²) in [7, 11) is 0. The van der Waals surface area contributed by atoms with Gasteiger partial charge in [0.15, 0.2) is 6.04 Å². The second kappa shape index (κ2) is 5.37. The van der Waals surface area contributed by atoms with Crippen LogP contribution in [0.2, 0.25) is 0 Å². The number of amides is 1. The Hall–Kier alpha value is -0.750. The maximum Gasteiger partial charge on any atom is 0.328 e. The van der Waals surface area contributed by atoms with Gasteiger partial charge in [-0.15, -0.1) is 0 Å². The number of carboxylic acids is 1. The Morgan fingerprint density at radius 3 is 2.60 bits per heavy atom. The van der Waals surface area contributed by atoms with Gasteiger partial charge in [-0.3, -0.25) is 4.79 Å². The Labute approximate surface area is 92.2 Å². The normalized spacial score (nSPS) is 24.5. The van der Waals surface area contributed by atoms with Gasteiger partial charge in [-0.2, -0.15) is 11.8 Å². The van der Waals surface area contributed by atoms with Gasteiger partial charge in [0.25, 0.3) is 0 Å². The highest BCUT2D eigenvalue weighted by Gasteiger charge is 2.30. The van der Waals surface area contributed by atoms with E-state index in [1.54, 1.807) is 11.8 Å². The van der Waals surface area contributed by atoms with Crippen molar-refractivity contribution in [1.82, 2.24) is 5.32 Å². The van der Waals surface area contributed by atoms with Crippen LogP contribution >= 0.6 is 11.8 Å². The standard InChI is InChI=1S/C9H15NO4S/c1-5(11)7(9(13)14)10-8(12)6-2-3-15-4-6/h5-7,11H,2-4H2,1H3,(H,10,12)(H,13,14). The van der Waals surface area contributed by atoms with Crippen LogP contribution < -0.4 is 5.32 Å². The van der Waals surface area contributed by atoms with Crippen molar-refractivity contribution < 1.29 is 19.8 Å². The fourth-order valence-corrected chi connectivity index (χ4v) is 2.62. The molecule has 0 aromatic carbocycles. The Balaban J connectivity index is 2.50. The van der Waals surface area contributed by atoms with E-state index >= 15 is 0 Å².